The second kappa shape index (κ2) is 10.5. The molecule has 1 unspecified atom stereocenters. The van der Waals surface area contributed by atoms with Gasteiger partial charge in [-0.05, 0) is 59.1 Å². The van der Waals surface area contributed by atoms with Crippen LogP contribution in [0.5, 0.6) is 0 Å². The minimum Gasteiger partial charge on any atom is -0.444 e. The standard InChI is InChI=1S/C26H36FN5O3/c1-25(2,3)35-24(34)30-20-14-10-9-13-19(20)29-22-18(27)15-17(21(28)31-22)23(33)32-26(4,5)16-11-7-6-8-12-16/h6-8,11-12,15,19-20H,9-10,13-14H2,1-5H3,(H,30,34)(H,32,33)(H3,28,29,31)/t19?,20-/m0/s1. The van der Waals surface area contributed by atoms with E-state index in [-0.39, 0.29) is 29.3 Å². The topological polar surface area (TPSA) is 118 Å². The first-order valence-electron chi connectivity index (χ1n) is 12.0. The maximum atomic E-state index is 15.0. The number of nitrogens with zero attached hydrogens (tertiary/aromatic N) is 1. The minimum atomic E-state index is -0.694. The van der Waals surface area contributed by atoms with E-state index in [1.165, 1.54) is 0 Å². The number of rotatable bonds is 6. The fourth-order valence-corrected chi connectivity index (χ4v) is 4.18. The average molecular weight is 486 g/mol. The summed E-state index contributed by atoms with van der Waals surface area (Å²) in [5.41, 5.74) is 5.63. The molecule has 190 valence electrons. The summed E-state index contributed by atoms with van der Waals surface area (Å²) in [5.74, 6) is -1.34. The van der Waals surface area contributed by atoms with E-state index < -0.39 is 29.0 Å². The minimum absolute atomic E-state index is 0.0378. The normalized spacial score (nSPS) is 18.5. The molecule has 1 fully saturated rings. The summed E-state index contributed by atoms with van der Waals surface area (Å²) in [4.78, 5) is 29.3. The van der Waals surface area contributed by atoms with E-state index in [4.69, 9.17) is 10.5 Å². The fraction of sp³-hybridized carbons (Fsp3) is 0.500. The first-order chi connectivity index (χ1) is 16.4. The van der Waals surface area contributed by atoms with Gasteiger partial charge in [-0.3, -0.25) is 4.79 Å². The Labute approximate surface area is 206 Å². The molecule has 8 nitrogen and oxygen atoms in total. The van der Waals surface area contributed by atoms with Crippen molar-refractivity contribution in [3.8, 4) is 0 Å². The van der Waals surface area contributed by atoms with Crippen molar-refractivity contribution in [3.63, 3.8) is 0 Å². The van der Waals surface area contributed by atoms with Crippen LogP contribution in [0.1, 0.15) is 76.2 Å². The van der Waals surface area contributed by atoms with Gasteiger partial charge in [0, 0.05) is 6.04 Å². The molecule has 1 aromatic heterocycles. The molecule has 3 rings (SSSR count). The molecule has 2 aromatic rings. The van der Waals surface area contributed by atoms with Crippen LogP contribution in [0.2, 0.25) is 0 Å². The molecule has 1 aliphatic rings. The molecule has 0 bridgehead atoms. The third-order valence-corrected chi connectivity index (χ3v) is 5.96. The lowest BCUT2D eigenvalue weighted by molar-refractivity contribution is 0.0488. The zero-order chi connectivity index (χ0) is 25.8. The number of pyridine rings is 1. The molecule has 0 saturated heterocycles. The third kappa shape index (κ3) is 7.07. The van der Waals surface area contributed by atoms with Gasteiger partial charge in [0.05, 0.1) is 17.1 Å². The monoisotopic (exact) mass is 485 g/mol. The van der Waals surface area contributed by atoms with Crippen LogP contribution in [-0.2, 0) is 10.3 Å². The van der Waals surface area contributed by atoms with E-state index >= 15 is 4.39 Å². The van der Waals surface area contributed by atoms with Gasteiger partial charge in [-0.2, -0.15) is 0 Å². The number of amides is 2. The molecule has 1 aliphatic carbocycles. The lowest BCUT2D eigenvalue weighted by atomic mass is 9.90. The highest BCUT2D eigenvalue weighted by atomic mass is 19.1. The molecular formula is C26H36FN5O3. The van der Waals surface area contributed by atoms with Gasteiger partial charge in [0.25, 0.3) is 5.91 Å². The van der Waals surface area contributed by atoms with Gasteiger partial charge in [-0.25, -0.2) is 14.2 Å². The number of carbonyl (C=O) groups excluding carboxylic acids is 2. The number of nitrogens with one attached hydrogen (secondary N) is 3. The number of nitrogens with two attached hydrogens (primary N) is 1. The number of aromatic nitrogens is 1. The van der Waals surface area contributed by atoms with Gasteiger partial charge in [-0.1, -0.05) is 43.2 Å². The number of hydrogen-bond acceptors (Lipinski definition) is 6. The Hall–Kier alpha value is -3.36. The molecule has 0 aliphatic heterocycles. The highest BCUT2D eigenvalue weighted by molar-refractivity contribution is 5.99. The predicted molar refractivity (Wildman–Crippen MR) is 135 cm³/mol. The van der Waals surface area contributed by atoms with Crippen molar-refractivity contribution in [3.05, 3.63) is 53.3 Å². The van der Waals surface area contributed by atoms with E-state index in [1.54, 1.807) is 20.8 Å². The summed E-state index contributed by atoms with van der Waals surface area (Å²) in [6.45, 7) is 9.10. The Morgan fingerprint density at radius 3 is 2.31 bits per heavy atom. The van der Waals surface area contributed by atoms with Gasteiger partial charge in [0.2, 0.25) is 0 Å². The Balaban J connectivity index is 1.73. The van der Waals surface area contributed by atoms with Gasteiger partial charge in [0.1, 0.15) is 11.4 Å². The number of benzene rings is 1. The molecular weight excluding hydrogens is 449 g/mol. The number of anilines is 2. The maximum absolute atomic E-state index is 15.0. The van der Waals surface area contributed by atoms with Crippen LogP contribution in [0.3, 0.4) is 0 Å². The van der Waals surface area contributed by atoms with E-state index in [2.05, 4.69) is 20.9 Å². The summed E-state index contributed by atoms with van der Waals surface area (Å²) in [6, 6.07) is 10.1. The van der Waals surface area contributed by atoms with Crippen LogP contribution in [-0.4, -0.2) is 34.7 Å². The van der Waals surface area contributed by atoms with Crippen LogP contribution in [0.4, 0.5) is 20.8 Å². The second-order valence-electron chi connectivity index (χ2n) is 10.5. The maximum Gasteiger partial charge on any atom is 0.407 e. The molecule has 1 aromatic carbocycles. The van der Waals surface area contributed by atoms with E-state index in [9.17, 15) is 9.59 Å². The molecule has 5 N–H and O–H groups in total. The van der Waals surface area contributed by atoms with Crippen LogP contribution in [0, 0.1) is 5.82 Å². The summed E-state index contributed by atoms with van der Waals surface area (Å²) < 4.78 is 20.4. The van der Waals surface area contributed by atoms with Crippen molar-refractivity contribution in [2.45, 2.75) is 83.5 Å². The van der Waals surface area contributed by atoms with E-state index in [1.807, 2.05) is 44.2 Å². The fourth-order valence-electron chi connectivity index (χ4n) is 4.18. The number of nitrogen functional groups attached to an aromatic ring is 1. The number of hydrogen-bond donors (Lipinski definition) is 4. The average Bonchev–Trinajstić information content (AvgIpc) is 2.76. The van der Waals surface area contributed by atoms with Crippen molar-refractivity contribution in [1.82, 2.24) is 15.6 Å². The molecule has 1 heterocycles. The largest absolute Gasteiger partial charge is 0.444 e. The number of halogens is 1. The van der Waals surface area contributed by atoms with Gasteiger partial charge in [0.15, 0.2) is 11.6 Å². The summed E-state index contributed by atoms with van der Waals surface area (Å²) in [6.07, 6.45) is 2.79. The first kappa shape index (κ1) is 26.2. The third-order valence-electron chi connectivity index (χ3n) is 5.96. The quantitative estimate of drug-likeness (QED) is 0.470. The summed E-state index contributed by atoms with van der Waals surface area (Å²) in [7, 11) is 0. The van der Waals surface area contributed by atoms with Crippen LogP contribution in [0.15, 0.2) is 36.4 Å². The van der Waals surface area contributed by atoms with Crippen molar-refractivity contribution in [2.75, 3.05) is 11.1 Å². The highest BCUT2D eigenvalue weighted by Gasteiger charge is 2.30. The lowest BCUT2D eigenvalue weighted by Crippen LogP contribution is -2.50. The van der Waals surface area contributed by atoms with Crippen molar-refractivity contribution in [1.29, 1.82) is 0 Å². The molecule has 2 atom stereocenters. The van der Waals surface area contributed by atoms with Crippen molar-refractivity contribution < 1.29 is 18.7 Å². The molecule has 9 heteroatoms. The lowest BCUT2D eigenvalue weighted by Gasteiger charge is -2.34. The van der Waals surface area contributed by atoms with Crippen molar-refractivity contribution in [2.24, 2.45) is 0 Å². The first-order valence-corrected chi connectivity index (χ1v) is 12.0. The predicted octanol–water partition coefficient (Wildman–Crippen LogP) is 4.72. The summed E-state index contributed by atoms with van der Waals surface area (Å²) >= 11 is 0. The van der Waals surface area contributed by atoms with Gasteiger partial charge >= 0.3 is 6.09 Å². The molecule has 0 spiro atoms. The highest BCUT2D eigenvalue weighted by Crippen LogP contribution is 2.26. The van der Waals surface area contributed by atoms with Gasteiger partial charge in [-0.15, -0.1) is 0 Å². The Morgan fingerprint density at radius 2 is 1.69 bits per heavy atom. The second-order valence-corrected chi connectivity index (χ2v) is 10.5. The van der Waals surface area contributed by atoms with Crippen LogP contribution in [0.25, 0.3) is 0 Å². The number of alkyl carbamates (subject to hydrolysis) is 1. The smallest absolute Gasteiger partial charge is 0.407 e. The van der Waals surface area contributed by atoms with Gasteiger partial charge < -0.3 is 26.4 Å². The molecule has 1 saturated carbocycles. The Bertz CT molecular complexity index is 1050. The van der Waals surface area contributed by atoms with E-state index in [0.29, 0.717) is 0 Å². The molecule has 35 heavy (non-hydrogen) atoms. The summed E-state index contributed by atoms with van der Waals surface area (Å²) in [5, 5.41) is 8.86. The van der Waals surface area contributed by atoms with E-state index in [0.717, 1.165) is 37.3 Å². The van der Waals surface area contributed by atoms with Crippen LogP contribution >= 0.6 is 0 Å². The van der Waals surface area contributed by atoms with Crippen LogP contribution < -0.4 is 21.7 Å². The Morgan fingerprint density at radius 1 is 1.06 bits per heavy atom. The Kier molecular flexibility index (Phi) is 7.87. The molecule has 2 amide bonds. The van der Waals surface area contributed by atoms with Crippen molar-refractivity contribution >= 4 is 23.6 Å². The number of ether oxygens (including phenoxy) is 1. The zero-order valence-electron chi connectivity index (χ0n) is 21.1. The molecule has 0 radical (unpaired) electrons. The number of carbonyl (C=O) groups is 2. The zero-order valence-corrected chi connectivity index (χ0v) is 21.1. The SMILES string of the molecule is CC(C)(C)OC(=O)N[C@H]1CCCCC1Nc1nc(N)c(C(=O)NC(C)(C)c2ccccc2)cc1F.